The van der Waals surface area contributed by atoms with Crippen LogP contribution in [-0.2, 0) is 10.0 Å². The number of rotatable bonds is 3. The highest BCUT2D eigenvalue weighted by atomic mass is 35.5. The molecule has 7 heteroatoms. The topological polar surface area (TPSA) is 61.2 Å². The minimum absolute atomic E-state index is 0.00991. The summed E-state index contributed by atoms with van der Waals surface area (Å²) >= 11 is 5.96. The van der Waals surface area contributed by atoms with Crippen molar-refractivity contribution in [2.24, 2.45) is 0 Å². The van der Waals surface area contributed by atoms with Gasteiger partial charge in [0.2, 0.25) is 0 Å². The Bertz CT molecular complexity index is 666. The molecule has 2 aromatic rings. The molecule has 0 unspecified atom stereocenters. The molecule has 18 heavy (non-hydrogen) atoms. The fourth-order valence-electron chi connectivity index (χ4n) is 1.50. The lowest BCUT2D eigenvalue weighted by Gasteiger charge is -2.11. The van der Waals surface area contributed by atoms with Gasteiger partial charge in [-0.2, -0.15) is 17.6 Å². The molecule has 0 radical (unpaired) electrons. The Balaban J connectivity index is 2.68. The Hall–Kier alpha value is -1.53. The molecule has 5 nitrogen and oxygen atoms in total. The van der Waals surface area contributed by atoms with Gasteiger partial charge < -0.3 is 4.74 Å². The highest BCUT2D eigenvalue weighted by Gasteiger charge is 2.23. The van der Waals surface area contributed by atoms with Gasteiger partial charge in [-0.3, -0.25) is 0 Å². The Morgan fingerprint density at radius 2 is 2.11 bits per heavy atom. The van der Waals surface area contributed by atoms with E-state index < -0.39 is 10.0 Å². The number of aromatic nitrogens is 2. The number of benzene rings is 1. The lowest BCUT2D eigenvalue weighted by molar-refractivity contribution is 0.402. The fraction of sp³-hybridized carbons (Fsp3) is 0.182. The van der Waals surface area contributed by atoms with Crippen molar-refractivity contribution in [2.45, 2.75) is 11.8 Å². The molecule has 0 fully saturated rings. The number of aryl methyl sites for hydroxylation is 1. The zero-order chi connectivity index (χ0) is 13.3. The fourth-order valence-corrected chi connectivity index (χ4v) is 3.00. The first-order chi connectivity index (χ1) is 8.46. The summed E-state index contributed by atoms with van der Waals surface area (Å²) < 4.78 is 30.6. The Labute approximate surface area is 110 Å². The second-order valence-corrected chi connectivity index (χ2v) is 5.81. The molecule has 1 aromatic heterocycles. The van der Waals surface area contributed by atoms with E-state index in [2.05, 4.69) is 5.10 Å². The first kappa shape index (κ1) is 12.9. The third-order valence-corrected chi connectivity index (χ3v) is 4.44. The van der Waals surface area contributed by atoms with Gasteiger partial charge in [-0.1, -0.05) is 11.6 Å². The van der Waals surface area contributed by atoms with Crippen LogP contribution >= 0.6 is 11.6 Å². The zero-order valence-corrected chi connectivity index (χ0v) is 11.4. The highest BCUT2D eigenvalue weighted by molar-refractivity contribution is 7.90. The van der Waals surface area contributed by atoms with Gasteiger partial charge in [0.25, 0.3) is 10.0 Å². The van der Waals surface area contributed by atoms with E-state index in [0.29, 0.717) is 5.02 Å². The van der Waals surface area contributed by atoms with E-state index in [1.165, 1.54) is 31.6 Å². The Morgan fingerprint density at radius 3 is 2.67 bits per heavy atom. The largest absolute Gasteiger partial charge is 0.495 e. The molecule has 1 aromatic carbocycles. The number of hydrogen-bond donors (Lipinski definition) is 0. The molecule has 0 spiro atoms. The maximum absolute atomic E-state index is 12.3. The zero-order valence-electron chi connectivity index (χ0n) is 9.79. The van der Waals surface area contributed by atoms with Crippen molar-refractivity contribution in [1.29, 1.82) is 0 Å². The average molecular weight is 287 g/mol. The quantitative estimate of drug-likeness (QED) is 0.867. The minimum Gasteiger partial charge on any atom is -0.495 e. The van der Waals surface area contributed by atoms with Crippen molar-refractivity contribution in [1.82, 2.24) is 9.19 Å². The number of ether oxygens (including phenoxy) is 1. The van der Waals surface area contributed by atoms with Crippen LogP contribution in [0, 0.1) is 6.92 Å². The number of halogens is 1. The van der Waals surface area contributed by atoms with Crippen molar-refractivity contribution in [3.8, 4) is 5.75 Å². The SMILES string of the molecule is COc1cc(C)c(Cl)cc1S(=O)(=O)n1cccn1. The second-order valence-electron chi connectivity index (χ2n) is 3.64. The summed E-state index contributed by atoms with van der Waals surface area (Å²) in [6.07, 6.45) is 2.74. The number of methoxy groups -OCH3 is 1. The predicted molar refractivity (Wildman–Crippen MR) is 67.6 cm³/mol. The van der Waals surface area contributed by atoms with E-state index in [9.17, 15) is 8.42 Å². The van der Waals surface area contributed by atoms with E-state index in [1.807, 2.05) is 0 Å². The van der Waals surface area contributed by atoms with Crippen LogP contribution < -0.4 is 4.74 Å². The molecule has 0 bridgehead atoms. The van der Waals surface area contributed by atoms with Crippen molar-refractivity contribution < 1.29 is 13.2 Å². The van der Waals surface area contributed by atoms with Gasteiger partial charge in [-0.25, -0.2) is 0 Å². The van der Waals surface area contributed by atoms with Gasteiger partial charge in [0.15, 0.2) is 0 Å². The molecule has 0 N–H and O–H groups in total. The maximum Gasteiger partial charge on any atom is 0.286 e. The van der Waals surface area contributed by atoms with Crippen molar-refractivity contribution >= 4 is 21.6 Å². The van der Waals surface area contributed by atoms with Crippen LogP contribution in [0.25, 0.3) is 0 Å². The van der Waals surface area contributed by atoms with Crippen LogP contribution in [0.3, 0.4) is 0 Å². The van der Waals surface area contributed by atoms with Gasteiger partial charge in [0.1, 0.15) is 10.6 Å². The van der Waals surface area contributed by atoms with Crippen molar-refractivity contribution in [3.63, 3.8) is 0 Å². The standard InChI is InChI=1S/C11H11ClN2O3S/c1-8-6-10(17-2)11(7-9(8)12)18(15,16)14-5-3-4-13-14/h3-7H,1-2H3. The molecule has 2 rings (SSSR count). The highest BCUT2D eigenvalue weighted by Crippen LogP contribution is 2.31. The third-order valence-electron chi connectivity index (χ3n) is 2.45. The van der Waals surface area contributed by atoms with Gasteiger partial charge in [-0.15, -0.1) is 0 Å². The van der Waals surface area contributed by atoms with E-state index >= 15 is 0 Å². The first-order valence-electron chi connectivity index (χ1n) is 5.06. The normalized spacial score (nSPS) is 11.5. The molecule has 0 saturated carbocycles. The number of nitrogens with zero attached hydrogens (tertiary/aromatic N) is 2. The maximum atomic E-state index is 12.3. The summed E-state index contributed by atoms with van der Waals surface area (Å²) in [4.78, 5) is -0.00991. The summed E-state index contributed by atoms with van der Waals surface area (Å²) in [5.74, 6) is 0.243. The smallest absolute Gasteiger partial charge is 0.286 e. The van der Waals surface area contributed by atoms with Crippen LogP contribution in [0.5, 0.6) is 5.75 Å². The number of hydrogen-bond acceptors (Lipinski definition) is 4. The summed E-state index contributed by atoms with van der Waals surface area (Å²) in [7, 11) is -2.37. The molecular formula is C11H11ClN2O3S. The van der Waals surface area contributed by atoms with Gasteiger partial charge in [0, 0.05) is 11.2 Å². The van der Waals surface area contributed by atoms with Gasteiger partial charge in [0.05, 0.1) is 13.3 Å². The molecule has 0 aliphatic heterocycles. The molecule has 0 aliphatic rings. The van der Waals surface area contributed by atoms with Crippen molar-refractivity contribution in [3.05, 3.63) is 41.2 Å². The molecule has 0 amide bonds. The molecule has 0 atom stereocenters. The van der Waals surface area contributed by atoms with Crippen molar-refractivity contribution in [2.75, 3.05) is 7.11 Å². The van der Waals surface area contributed by atoms with E-state index in [0.717, 1.165) is 9.65 Å². The summed E-state index contributed by atoms with van der Waals surface area (Å²) in [5, 5.41) is 4.08. The molecular weight excluding hydrogens is 276 g/mol. The molecule has 1 heterocycles. The third kappa shape index (κ3) is 2.09. The summed E-state index contributed by atoms with van der Waals surface area (Å²) in [6, 6.07) is 4.48. The van der Waals surface area contributed by atoms with Gasteiger partial charge in [-0.05, 0) is 30.7 Å². The lowest BCUT2D eigenvalue weighted by Crippen LogP contribution is -2.14. The summed E-state index contributed by atoms with van der Waals surface area (Å²) in [5.41, 5.74) is 0.743. The van der Waals surface area contributed by atoms with Crippen LogP contribution in [0.1, 0.15) is 5.56 Å². The van der Waals surface area contributed by atoms with E-state index in [-0.39, 0.29) is 10.6 Å². The lowest BCUT2D eigenvalue weighted by atomic mass is 10.2. The summed E-state index contributed by atoms with van der Waals surface area (Å²) in [6.45, 7) is 1.77. The minimum atomic E-state index is -3.78. The molecule has 96 valence electrons. The molecule has 0 saturated heterocycles. The van der Waals surface area contributed by atoms with Crippen LogP contribution in [0.15, 0.2) is 35.5 Å². The van der Waals surface area contributed by atoms with Crippen LogP contribution in [0.4, 0.5) is 0 Å². The Morgan fingerprint density at radius 1 is 1.39 bits per heavy atom. The van der Waals surface area contributed by atoms with E-state index in [1.54, 1.807) is 13.0 Å². The molecule has 0 aliphatic carbocycles. The second kappa shape index (κ2) is 4.62. The van der Waals surface area contributed by atoms with Crippen LogP contribution in [0.2, 0.25) is 5.02 Å². The van der Waals surface area contributed by atoms with E-state index in [4.69, 9.17) is 16.3 Å². The average Bonchev–Trinajstić information content (AvgIpc) is 2.86. The predicted octanol–water partition coefficient (Wildman–Crippen LogP) is 2.09. The van der Waals surface area contributed by atoms with Crippen LogP contribution in [-0.4, -0.2) is 24.7 Å². The monoisotopic (exact) mass is 286 g/mol. The Kier molecular flexibility index (Phi) is 3.32. The first-order valence-corrected chi connectivity index (χ1v) is 6.88. The van der Waals surface area contributed by atoms with Gasteiger partial charge >= 0.3 is 0 Å².